The number of benzene rings is 3. The quantitative estimate of drug-likeness (QED) is 0.591. The van der Waals surface area contributed by atoms with Gasteiger partial charge < -0.3 is 5.11 Å². The SMILES string of the molecule is N#Cc1cccc(-c2ccc([C@H]3[C@H]4CN(S(=O)(=O)c5ccccc5)CCCCN4[C@H]3CO)cc2)c1. The Kier molecular flexibility index (Phi) is 6.72. The van der Waals surface area contributed by atoms with Crippen LogP contribution < -0.4 is 0 Å². The van der Waals surface area contributed by atoms with Gasteiger partial charge in [0.2, 0.25) is 10.0 Å². The maximum Gasteiger partial charge on any atom is 0.243 e. The van der Waals surface area contributed by atoms with Crippen LogP contribution in [0, 0.1) is 11.3 Å². The summed E-state index contributed by atoms with van der Waals surface area (Å²) in [6.45, 7) is 1.82. The third kappa shape index (κ3) is 4.51. The molecular weight excluding hydrogens is 458 g/mol. The molecule has 0 unspecified atom stereocenters. The summed E-state index contributed by atoms with van der Waals surface area (Å²) >= 11 is 0. The molecule has 3 aromatic rings. The van der Waals surface area contributed by atoms with E-state index in [1.54, 1.807) is 34.6 Å². The minimum absolute atomic E-state index is 0.0127. The Bertz CT molecular complexity index is 1320. The third-order valence-corrected chi connectivity index (χ3v) is 9.21. The summed E-state index contributed by atoms with van der Waals surface area (Å²) in [7, 11) is -3.59. The lowest BCUT2D eigenvalue weighted by atomic mass is 9.74. The van der Waals surface area contributed by atoms with Crippen molar-refractivity contribution in [2.24, 2.45) is 0 Å². The number of rotatable bonds is 5. The van der Waals surface area contributed by atoms with Gasteiger partial charge in [-0.2, -0.15) is 9.57 Å². The summed E-state index contributed by atoms with van der Waals surface area (Å²) in [6.07, 6.45) is 1.70. The summed E-state index contributed by atoms with van der Waals surface area (Å²) < 4.78 is 28.4. The Morgan fingerprint density at radius 3 is 2.37 bits per heavy atom. The van der Waals surface area contributed by atoms with Crippen LogP contribution in [0.3, 0.4) is 0 Å². The molecule has 0 radical (unpaired) electrons. The maximum atomic E-state index is 13.4. The summed E-state index contributed by atoms with van der Waals surface area (Å²) in [5.74, 6) is 0.0473. The van der Waals surface area contributed by atoms with E-state index >= 15 is 0 Å². The summed E-state index contributed by atoms with van der Waals surface area (Å²) in [5, 5.41) is 19.4. The van der Waals surface area contributed by atoms with Crippen LogP contribution in [0.5, 0.6) is 0 Å². The highest BCUT2D eigenvalue weighted by Crippen LogP contribution is 2.43. The second kappa shape index (κ2) is 9.92. The molecule has 1 N–H and O–H groups in total. The summed E-state index contributed by atoms with van der Waals surface area (Å²) in [5.41, 5.74) is 3.73. The van der Waals surface area contributed by atoms with Crippen LogP contribution in [0.25, 0.3) is 11.1 Å². The Hall–Kier alpha value is -3.02. The fourth-order valence-corrected chi connectivity index (χ4v) is 7.05. The summed E-state index contributed by atoms with van der Waals surface area (Å²) in [4.78, 5) is 2.60. The fourth-order valence-electron chi connectivity index (χ4n) is 5.53. The monoisotopic (exact) mass is 487 g/mol. The molecule has 0 aliphatic carbocycles. The zero-order valence-corrected chi connectivity index (χ0v) is 20.3. The molecule has 0 spiro atoms. The minimum atomic E-state index is -3.59. The largest absolute Gasteiger partial charge is 0.395 e. The van der Waals surface area contributed by atoms with Crippen molar-refractivity contribution in [2.45, 2.75) is 35.7 Å². The molecule has 2 saturated heterocycles. The Labute approximate surface area is 207 Å². The van der Waals surface area contributed by atoms with Gasteiger partial charge in [0.05, 0.1) is 23.1 Å². The first-order valence-electron chi connectivity index (χ1n) is 12.1. The molecule has 7 heteroatoms. The molecule has 2 aliphatic rings. The number of hydrogen-bond donors (Lipinski definition) is 1. The maximum absolute atomic E-state index is 13.4. The standard InChI is InChI=1S/C28H29N3O3S/c29-18-21-7-6-8-24(17-21)22-11-13-23(14-12-22)28-26-19-30(15-4-5-16-31(26)27(28)20-32)35(33,34)25-9-2-1-3-10-25/h1-3,6-14,17,26-28,32H,4-5,15-16,19-20H2/t26-,27+,28+/m1/s1. The van der Waals surface area contributed by atoms with Gasteiger partial charge in [-0.1, -0.05) is 54.6 Å². The molecule has 5 rings (SSSR count). The van der Waals surface area contributed by atoms with Crippen LogP contribution in [0.2, 0.25) is 0 Å². The predicted molar refractivity (Wildman–Crippen MR) is 135 cm³/mol. The number of hydrogen-bond acceptors (Lipinski definition) is 5. The van der Waals surface area contributed by atoms with Gasteiger partial charge in [0.1, 0.15) is 0 Å². The van der Waals surface area contributed by atoms with E-state index in [4.69, 9.17) is 0 Å². The first-order chi connectivity index (χ1) is 17.0. The number of nitriles is 1. The molecule has 35 heavy (non-hydrogen) atoms. The van der Waals surface area contributed by atoms with E-state index in [1.807, 2.05) is 36.4 Å². The molecule has 0 bridgehead atoms. The zero-order valence-electron chi connectivity index (χ0n) is 19.5. The van der Waals surface area contributed by atoms with Gasteiger partial charge in [0, 0.05) is 31.1 Å². The molecule has 2 fully saturated rings. The van der Waals surface area contributed by atoms with Gasteiger partial charge in [-0.15, -0.1) is 0 Å². The molecule has 0 aromatic heterocycles. The third-order valence-electron chi connectivity index (χ3n) is 7.33. The lowest BCUT2D eigenvalue weighted by molar-refractivity contribution is -0.0553. The second-order valence-electron chi connectivity index (χ2n) is 9.28. The highest BCUT2D eigenvalue weighted by molar-refractivity contribution is 7.89. The van der Waals surface area contributed by atoms with Crippen molar-refractivity contribution in [3.05, 3.63) is 90.0 Å². The van der Waals surface area contributed by atoms with Gasteiger partial charge in [-0.25, -0.2) is 8.42 Å². The number of aliphatic hydroxyl groups is 1. The number of sulfonamides is 1. The van der Waals surface area contributed by atoms with Crippen LogP contribution >= 0.6 is 0 Å². The Morgan fingerprint density at radius 1 is 0.914 bits per heavy atom. The van der Waals surface area contributed by atoms with Crippen molar-refractivity contribution < 1.29 is 13.5 Å². The van der Waals surface area contributed by atoms with E-state index in [-0.39, 0.29) is 24.6 Å². The van der Waals surface area contributed by atoms with Crippen molar-refractivity contribution in [3.63, 3.8) is 0 Å². The molecule has 0 saturated carbocycles. The second-order valence-corrected chi connectivity index (χ2v) is 11.2. The topological polar surface area (TPSA) is 84.6 Å². The Morgan fingerprint density at radius 2 is 1.66 bits per heavy atom. The molecule has 3 aromatic carbocycles. The van der Waals surface area contributed by atoms with Crippen LogP contribution in [0.15, 0.2) is 83.8 Å². The zero-order chi connectivity index (χ0) is 24.4. The van der Waals surface area contributed by atoms with E-state index in [0.717, 1.165) is 36.1 Å². The van der Waals surface area contributed by atoms with E-state index in [0.29, 0.717) is 23.5 Å². The highest BCUT2D eigenvalue weighted by Gasteiger charge is 2.50. The van der Waals surface area contributed by atoms with E-state index in [2.05, 4.69) is 23.1 Å². The van der Waals surface area contributed by atoms with Crippen LogP contribution in [0.1, 0.15) is 29.9 Å². The van der Waals surface area contributed by atoms with Crippen LogP contribution in [0.4, 0.5) is 0 Å². The molecule has 0 amide bonds. The lowest BCUT2D eigenvalue weighted by Crippen LogP contribution is -2.67. The van der Waals surface area contributed by atoms with Crippen molar-refractivity contribution in [1.82, 2.24) is 9.21 Å². The average molecular weight is 488 g/mol. The highest BCUT2D eigenvalue weighted by atomic mass is 32.2. The molecule has 2 aliphatic heterocycles. The van der Waals surface area contributed by atoms with Crippen molar-refractivity contribution in [2.75, 3.05) is 26.2 Å². The van der Waals surface area contributed by atoms with Gasteiger partial charge in [-0.3, -0.25) is 4.90 Å². The normalized spacial score (nSPS) is 23.4. The molecule has 3 atom stereocenters. The smallest absolute Gasteiger partial charge is 0.243 e. The van der Waals surface area contributed by atoms with Gasteiger partial charge in [0.25, 0.3) is 0 Å². The number of nitrogens with zero attached hydrogens (tertiary/aromatic N) is 3. The molecule has 2 heterocycles. The van der Waals surface area contributed by atoms with Crippen LogP contribution in [-0.4, -0.2) is 61.1 Å². The van der Waals surface area contributed by atoms with Gasteiger partial charge in [0.15, 0.2) is 0 Å². The Balaban J connectivity index is 1.42. The van der Waals surface area contributed by atoms with Crippen molar-refractivity contribution in [3.8, 4) is 17.2 Å². The number of fused-ring (bicyclic) bond motifs is 1. The van der Waals surface area contributed by atoms with E-state index in [9.17, 15) is 18.8 Å². The van der Waals surface area contributed by atoms with E-state index in [1.165, 1.54) is 0 Å². The van der Waals surface area contributed by atoms with Gasteiger partial charge >= 0.3 is 0 Å². The first kappa shape index (κ1) is 23.7. The van der Waals surface area contributed by atoms with Crippen molar-refractivity contribution in [1.29, 1.82) is 5.26 Å². The molecule has 180 valence electrons. The van der Waals surface area contributed by atoms with Crippen molar-refractivity contribution >= 4 is 10.0 Å². The molecular formula is C28H29N3O3S. The number of aliphatic hydroxyl groups excluding tert-OH is 1. The van der Waals surface area contributed by atoms with Gasteiger partial charge in [-0.05, 0) is 60.3 Å². The lowest BCUT2D eigenvalue weighted by Gasteiger charge is -2.57. The predicted octanol–water partition coefficient (Wildman–Crippen LogP) is 3.84. The van der Waals surface area contributed by atoms with E-state index < -0.39 is 10.0 Å². The van der Waals surface area contributed by atoms with Crippen LogP contribution in [-0.2, 0) is 10.0 Å². The average Bonchev–Trinajstić information content (AvgIpc) is 2.88. The fraction of sp³-hybridized carbons (Fsp3) is 0.321. The summed E-state index contributed by atoms with van der Waals surface area (Å²) in [6, 6.07) is 26.6. The minimum Gasteiger partial charge on any atom is -0.395 e. The first-order valence-corrected chi connectivity index (χ1v) is 13.5. The molecule has 6 nitrogen and oxygen atoms in total.